The van der Waals surface area contributed by atoms with Crippen molar-refractivity contribution in [1.82, 2.24) is 9.78 Å². The average Bonchev–Trinajstić information content (AvgIpc) is 2.63. The fourth-order valence-corrected chi connectivity index (χ4v) is 2.21. The van der Waals surface area contributed by atoms with Gasteiger partial charge in [0.1, 0.15) is 0 Å². The second kappa shape index (κ2) is 5.63. The zero-order valence-electron chi connectivity index (χ0n) is 10.4. The Morgan fingerprint density at radius 3 is 2.78 bits per heavy atom. The molecule has 0 radical (unpaired) electrons. The van der Waals surface area contributed by atoms with Crippen LogP contribution in [0.2, 0.25) is 10.0 Å². The molecule has 0 saturated carbocycles. The number of hydrogen-bond donors (Lipinski definition) is 1. The Morgan fingerprint density at radius 1 is 1.33 bits per heavy atom. The molecule has 1 heterocycles. The molecule has 1 aromatic heterocycles. The fourth-order valence-electron chi connectivity index (χ4n) is 1.82. The Labute approximate surface area is 117 Å². The molecule has 96 valence electrons. The molecule has 18 heavy (non-hydrogen) atoms. The van der Waals surface area contributed by atoms with Gasteiger partial charge in [-0.05, 0) is 32.0 Å². The summed E-state index contributed by atoms with van der Waals surface area (Å²) in [5.41, 5.74) is 2.83. The van der Waals surface area contributed by atoms with Crippen LogP contribution in [-0.2, 0) is 13.1 Å². The van der Waals surface area contributed by atoms with Crippen LogP contribution in [0.1, 0.15) is 18.3 Å². The summed E-state index contributed by atoms with van der Waals surface area (Å²) in [7, 11) is 0. The minimum atomic E-state index is 0.633. The number of nitrogens with one attached hydrogen (secondary N) is 1. The third-order valence-electron chi connectivity index (χ3n) is 2.74. The number of aromatic nitrogens is 2. The lowest BCUT2D eigenvalue weighted by Gasteiger charge is -2.09. The molecule has 0 bridgehead atoms. The Hall–Kier alpha value is -1.19. The Bertz CT molecular complexity index is 549. The Kier molecular flexibility index (Phi) is 4.15. The van der Waals surface area contributed by atoms with Crippen molar-refractivity contribution >= 4 is 28.9 Å². The highest BCUT2D eigenvalue weighted by atomic mass is 35.5. The zero-order chi connectivity index (χ0) is 13.1. The normalized spacial score (nSPS) is 10.7. The number of aryl methyl sites for hydroxylation is 2. The second-order valence-electron chi connectivity index (χ2n) is 4.03. The van der Waals surface area contributed by atoms with Crippen LogP contribution in [0.3, 0.4) is 0 Å². The second-order valence-corrected chi connectivity index (χ2v) is 4.84. The van der Waals surface area contributed by atoms with Crippen molar-refractivity contribution in [1.29, 1.82) is 0 Å². The molecule has 0 aliphatic carbocycles. The summed E-state index contributed by atoms with van der Waals surface area (Å²) in [6.07, 6.45) is 0. The molecule has 3 nitrogen and oxygen atoms in total. The number of hydrogen-bond acceptors (Lipinski definition) is 2. The first kappa shape index (κ1) is 13.2. The monoisotopic (exact) mass is 283 g/mol. The quantitative estimate of drug-likeness (QED) is 0.914. The zero-order valence-corrected chi connectivity index (χ0v) is 11.9. The molecular weight excluding hydrogens is 269 g/mol. The Balaban J connectivity index is 2.15. The predicted octanol–water partition coefficient (Wildman–Crippen LogP) is 4.13. The molecule has 0 fully saturated rings. The lowest BCUT2D eigenvalue weighted by atomic mass is 10.3. The highest BCUT2D eigenvalue weighted by molar-refractivity contribution is 6.32. The van der Waals surface area contributed by atoms with Gasteiger partial charge in [-0.2, -0.15) is 5.10 Å². The van der Waals surface area contributed by atoms with Crippen molar-refractivity contribution in [2.75, 3.05) is 5.32 Å². The van der Waals surface area contributed by atoms with Crippen LogP contribution in [-0.4, -0.2) is 9.78 Å². The smallest absolute Gasteiger partial charge is 0.0865 e. The number of rotatable bonds is 4. The van der Waals surface area contributed by atoms with E-state index < -0.39 is 0 Å². The summed E-state index contributed by atoms with van der Waals surface area (Å²) in [5, 5.41) is 9.12. The average molecular weight is 284 g/mol. The summed E-state index contributed by atoms with van der Waals surface area (Å²) < 4.78 is 1.91. The van der Waals surface area contributed by atoms with Crippen LogP contribution >= 0.6 is 23.2 Å². The van der Waals surface area contributed by atoms with Gasteiger partial charge in [0, 0.05) is 17.3 Å². The van der Waals surface area contributed by atoms with E-state index in [-0.39, 0.29) is 0 Å². The highest BCUT2D eigenvalue weighted by Gasteiger charge is 2.11. The van der Waals surface area contributed by atoms with Gasteiger partial charge >= 0.3 is 0 Å². The molecule has 2 rings (SSSR count). The third kappa shape index (κ3) is 2.79. The summed E-state index contributed by atoms with van der Waals surface area (Å²) in [4.78, 5) is 0. The SMILES string of the molecule is CCn1nc(C)c(Cl)c1CNc1cccc(Cl)c1. The van der Waals surface area contributed by atoms with Gasteiger partial charge in [-0.1, -0.05) is 29.3 Å². The summed E-state index contributed by atoms with van der Waals surface area (Å²) >= 11 is 12.2. The van der Waals surface area contributed by atoms with Crippen LogP contribution in [0.25, 0.3) is 0 Å². The highest BCUT2D eigenvalue weighted by Crippen LogP contribution is 2.22. The van der Waals surface area contributed by atoms with Gasteiger partial charge in [0.05, 0.1) is 23.0 Å². The molecule has 2 aromatic rings. The summed E-state index contributed by atoms with van der Waals surface area (Å²) in [5.74, 6) is 0. The first-order valence-electron chi connectivity index (χ1n) is 5.83. The standard InChI is InChI=1S/C13H15Cl2N3/c1-3-18-12(13(15)9(2)17-18)8-16-11-6-4-5-10(14)7-11/h4-7,16H,3,8H2,1-2H3. The first-order chi connectivity index (χ1) is 8.61. The summed E-state index contributed by atoms with van der Waals surface area (Å²) in [6, 6.07) is 7.61. The van der Waals surface area contributed by atoms with Gasteiger partial charge < -0.3 is 5.32 Å². The molecule has 0 aliphatic rings. The van der Waals surface area contributed by atoms with E-state index in [0.29, 0.717) is 11.6 Å². The van der Waals surface area contributed by atoms with Crippen molar-refractivity contribution in [3.63, 3.8) is 0 Å². The van der Waals surface area contributed by atoms with Gasteiger partial charge in [0.25, 0.3) is 0 Å². The van der Waals surface area contributed by atoms with E-state index in [1.54, 1.807) is 0 Å². The van der Waals surface area contributed by atoms with Gasteiger partial charge in [0.2, 0.25) is 0 Å². The van der Waals surface area contributed by atoms with Crippen LogP contribution < -0.4 is 5.32 Å². The molecule has 0 aliphatic heterocycles. The van der Waals surface area contributed by atoms with E-state index in [1.807, 2.05) is 42.8 Å². The van der Waals surface area contributed by atoms with E-state index in [2.05, 4.69) is 10.4 Å². The van der Waals surface area contributed by atoms with Crippen molar-refractivity contribution in [3.05, 3.63) is 45.7 Å². The van der Waals surface area contributed by atoms with Crippen LogP contribution in [0.4, 0.5) is 5.69 Å². The predicted molar refractivity (Wildman–Crippen MR) is 76.4 cm³/mol. The van der Waals surface area contributed by atoms with E-state index in [0.717, 1.165) is 28.6 Å². The fraction of sp³-hybridized carbons (Fsp3) is 0.308. The van der Waals surface area contributed by atoms with Crippen LogP contribution in [0.15, 0.2) is 24.3 Å². The maximum atomic E-state index is 6.24. The summed E-state index contributed by atoms with van der Waals surface area (Å²) in [6.45, 7) is 5.40. The Morgan fingerprint density at radius 2 is 2.11 bits per heavy atom. The lowest BCUT2D eigenvalue weighted by molar-refractivity contribution is 0.623. The third-order valence-corrected chi connectivity index (χ3v) is 3.46. The van der Waals surface area contributed by atoms with Gasteiger partial charge in [-0.15, -0.1) is 0 Å². The van der Waals surface area contributed by atoms with Gasteiger partial charge in [-0.3, -0.25) is 4.68 Å². The van der Waals surface area contributed by atoms with Crippen molar-refractivity contribution in [2.24, 2.45) is 0 Å². The molecular formula is C13H15Cl2N3. The maximum Gasteiger partial charge on any atom is 0.0865 e. The largest absolute Gasteiger partial charge is 0.379 e. The molecule has 0 unspecified atom stereocenters. The van der Waals surface area contributed by atoms with E-state index in [4.69, 9.17) is 23.2 Å². The number of halogens is 2. The molecule has 1 aromatic carbocycles. The molecule has 0 amide bonds. The van der Waals surface area contributed by atoms with E-state index >= 15 is 0 Å². The minimum Gasteiger partial charge on any atom is -0.379 e. The molecule has 0 saturated heterocycles. The molecule has 0 spiro atoms. The first-order valence-corrected chi connectivity index (χ1v) is 6.58. The minimum absolute atomic E-state index is 0.633. The van der Waals surface area contributed by atoms with E-state index in [9.17, 15) is 0 Å². The topological polar surface area (TPSA) is 29.9 Å². The van der Waals surface area contributed by atoms with Crippen molar-refractivity contribution < 1.29 is 0 Å². The molecule has 0 atom stereocenters. The molecule has 1 N–H and O–H groups in total. The van der Waals surface area contributed by atoms with Crippen LogP contribution in [0, 0.1) is 6.92 Å². The number of nitrogens with zero attached hydrogens (tertiary/aromatic N) is 2. The number of benzene rings is 1. The number of anilines is 1. The maximum absolute atomic E-state index is 6.24. The van der Waals surface area contributed by atoms with Gasteiger partial charge in [0.15, 0.2) is 0 Å². The van der Waals surface area contributed by atoms with Crippen molar-refractivity contribution in [2.45, 2.75) is 26.9 Å². The van der Waals surface area contributed by atoms with Gasteiger partial charge in [-0.25, -0.2) is 0 Å². The van der Waals surface area contributed by atoms with Crippen LogP contribution in [0.5, 0.6) is 0 Å². The van der Waals surface area contributed by atoms with E-state index in [1.165, 1.54) is 0 Å². The molecule has 5 heteroatoms. The lowest BCUT2D eigenvalue weighted by Crippen LogP contribution is -2.08. The van der Waals surface area contributed by atoms with Crippen molar-refractivity contribution in [3.8, 4) is 0 Å².